The normalized spacial score (nSPS) is 23.0. The molecule has 1 aliphatic carbocycles. The van der Waals surface area contributed by atoms with Gasteiger partial charge in [0.2, 0.25) is 5.91 Å². The lowest BCUT2D eigenvalue weighted by atomic mass is 10.0. The van der Waals surface area contributed by atoms with Crippen LogP contribution in [-0.2, 0) is 14.8 Å². The van der Waals surface area contributed by atoms with Crippen LogP contribution < -0.4 is 15.4 Å². The minimum Gasteiger partial charge on any atom is -0.351 e. The summed E-state index contributed by atoms with van der Waals surface area (Å²) in [5.41, 5.74) is 6.33. The summed E-state index contributed by atoms with van der Waals surface area (Å²) in [6, 6.07) is 10.7. The van der Waals surface area contributed by atoms with E-state index in [2.05, 4.69) is 5.32 Å². The highest BCUT2D eigenvalue weighted by Crippen LogP contribution is 2.41. The lowest BCUT2D eigenvalue weighted by Crippen LogP contribution is -2.45. The molecule has 3 N–H and O–H groups in total. The molecule has 1 fully saturated rings. The Hall–Kier alpha value is -1.83. The highest BCUT2D eigenvalue weighted by atomic mass is 35.5. The van der Waals surface area contributed by atoms with E-state index in [4.69, 9.17) is 5.73 Å². The van der Waals surface area contributed by atoms with Crippen LogP contribution in [-0.4, -0.2) is 33.5 Å². The van der Waals surface area contributed by atoms with E-state index in [0.717, 1.165) is 24.6 Å². The van der Waals surface area contributed by atoms with Gasteiger partial charge in [0.25, 0.3) is 10.0 Å². The maximum absolute atomic E-state index is 12.9. The van der Waals surface area contributed by atoms with Gasteiger partial charge in [0.05, 0.1) is 10.6 Å². The first kappa shape index (κ1) is 18.9. The number of nitrogens with one attached hydrogen (secondary N) is 1. The van der Waals surface area contributed by atoms with Crippen LogP contribution in [0.5, 0.6) is 0 Å². The third kappa shape index (κ3) is 2.94. The van der Waals surface area contributed by atoms with Crippen LogP contribution >= 0.6 is 12.4 Å². The summed E-state index contributed by atoms with van der Waals surface area (Å²) >= 11 is 0. The minimum atomic E-state index is -3.70. The van der Waals surface area contributed by atoms with Gasteiger partial charge >= 0.3 is 0 Å². The van der Waals surface area contributed by atoms with Gasteiger partial charge in [-0.15, -0.1) is 12.4 Å². The molecule has 1 saturated carbocycles. The summed E-state index contributed by atoms with van der Waals surface area (Å²) in [7, 11) is -3.70. The van der Waals surface area contributed by atoms with Crippen LogP contribution in [0.15, 0.2) is 41.3 Å². The van der Waals surface area contributed by atoms with Crippen molar-refractivity contribution in [2.45, 2.75) is 30.2 Å². The number of sulfonamides is 1. The number of amides is 1. The van der Waals surface area contributed by atoms with E-state index < -0.39 is 10.0 Å². The number of benzene rings is 2. The second kappa shape index (κ2) is 7.06. The van der Waals surface area contributed by atoms with Gasteiger partial charge in [0, 0.05) is 11.4 Å². The molecule has 2 aromatic carbocycles. The van der Waals surface area contributed by atoms with E-state index in [1.807, 2.05) is 18.2 Å². The number of nitrogens with zero attached hydrogens (tertiary/aromatic N) is 1. The third-order valence-electron chi connectivity index (χ3n) is 5.28. The molecule has 2 atom stereocenters. The Labute approximate surface area is 159 Å². The van der Waals surface area contributed by atoms with E-state index in [9.17, 15) is 13.2 Å². The van der Waals surface area contributed by atoms with Crippen LogP contribution in [0.25, 0.3) is 10.8 Å². The van der Waals surface area contributed by atoms with Gasteiger partial charge in [-0.3, -0.25) is 9.10 Å². The van der Waals surface area contributed by atoms with Gasteiger partial charge in [-0.05, 0) is 42.8 Å². The van der Waals surface area contributed by atoms with Crippen molar-refractivity contribution in [3.05, 3.63) is 36.4 Å². The van der Waals surface area contributed by atoms with Crippen molar-refractivity contribution < 1.29 is 13.2 Å². The molecule has 0 bridgehead atoms. The Balaban J connectivity index is 0.00000196. The van der Waals surface area contributed by atoms with E-state index in [1.165, 1.54) is 4.31 Å². The van der Waals surface area contributed by atoms with Crippen molar-refractivity contribution in [3.63, 3.8) is 0 Å². The molecule has 26 heavy (non-hydrogen) atoms. The topological polar surface area (TPSA) is 92.5 Å². The van der Waals surface area contributed by atoms with Crippen molar-refractivity contribution in [3.8, 4) is 0 Å². The van der Waals surface area contributed by atoms with Crippen LogP contribution in [0.1, 0.15) is 19.3 Å². The molecule has 140 valence electrons. The van der Waals surface area contributed by atoms with Crippen LogP contribution in [0, 0.1) is 5.92 Å². The number of hydrogen-bond donors (Lipinski definition) is 2. The molecule has 0 aromatic heterocycles. The number of halogens is 1. The van der Waals surface area contributed by atoms with Crippen molar-refractivity contribution in [1.82, 2.24) is 5.32 Å². The molecular formula is C18H22ClN3O3S. The predicted molar refractivity (Wildman–Crippen MR) is 104 cm³/mol. The summed E-state index contributed by atoms with van der Waals surface area (Å²) in [5.74, 6) is -0.00139. The number of carbonyl (C=O) groups excluding carboxylic acids is 1. The number of rotatable bonds is 4. The minimum absolute atomic E-state index is 0. The van der Waals surface area contributed by atoms with E-state index in [-0.39, 0.29) is 41.7 Å². The smallest absolute Gasteiger partial charge is 0.265 e. The maximum Gasteiger partial charge on any atom is 0.265 e. The van der Waals surface area contributed by atoms with Crippen LogP contribution in [0.3, 0.4) is 0 Å². The summed E-state index contributed by atoms with van der Waals surface area (Å²) in [4.78, 5) is 12.8. The molecule has 0 spiro atoms. The molecule has 1 aliphatic heterocycles. The molecule has 1 amide bonds. The highest BCUT2D eigenvalue weighted by Gasteiger charge is 2.37. The average molecular weight is 396 g/mol. The fraction of sp³-hybridized carbons (Fsp3) is 0.389. The Kier molecular flexibility index (Phi) is 5.14. The van der Waals surface area contributed by atoms with Gasteiger partial charge in [-0.2, -0.15) is 0 Å². The second-order valence-corrected chi connectivity index (χ2v) is 8.57. The van der Waals surface area contributed by atoms with Crippen molar-refractivity contribution in [1.29, 1.82) is 0 Å². The molecule has 0 radical (unpaired) electrons. The lowest BCUT2D eigenvalue weighted by molar-refractivity contribution is -0.120. The van der Waals surface area contributed by atoms with Gasteiger partial charge in [-0.1, -0.05) is 30.7 Å². The summed E-state index contributed by atoms with van der Waals surface area (Å²) in [6.45, 7) is 0.335. The number of nitrogens with two attached hydrogens (primary N) is 1. The summed E-state index contributed by atoms with van der Waals surface area (Å²) in [5, 5.41) is 4.53. The first-order valence-electron chi connectivity index (χ1n) is 8.56. The zero-order valence-electron chi connectivity index (χ0n) is 14.2. The molecular weight excluding hydrogens is 374 g/mol. The molecule has 0 saturated heterocycles. The number of carbonyl (C=O) groups is 1. The second-order valence-electron chi connectivity index (χ2n) is 6.74. The van der Waals surface area contributed by atoms with Crippen molar-refractivity contribution in [2.75, 3.05) is 17.4 Å². The summed E-state index contributed by atoms with van der Waals surface area (Å²) in [6.07, 6.45) is 2.95. The van der Waals surface area contributed by atoms with Gasteiger partial charge in [0.1, 0.15) is 6.54 Å². The SMILES string of the molecule is Cl.NCC1CCCC1NC(=O)CN1c2cccc3cccc(c23)S1(=O)=O. The third-order valence-corrected chi connectivity index (χ3v) is 7.08. The van der Waals surface area contributed by atoms with Crippen molar-refractivity contribution in [2.24, 2.45) is 11.7 Å². The molecule has 2 unspecified atom stereocenters. The number of anilines is 1. The standard InChI is InChI=1S/C18H21N3O3S.ClH/c19-10-13-6-1-7-14(13)20-17(22)11-21-15-8-2-4-12-5-3-9-16(18(12)15)25(21,23)24;/h2-5,8-9,13-14H,1,6-7,10-11,19H2,(H,20,22);1H. The van der Waals surface area contributed by atoms with Crippen LogP contribution in [0.2, 0.25) is 0 Å². The molecule has 1 heterocycles. The Morgan fingerprint density at radius 3 is 2.65 bits per heavy atom. The largest absolute Gasteiger partial charge is 0.351 e. The first-order chi connectivity index (χ1) is 12.0. The zero-order chi connectivity index (χ0) is 17.6. The molecule has 2 aliphatic rings. The van der Waals surface area contributed by atoms with Gasteiger partial charge in [0.15, 0.2) is 0 Å². The molecule has 6 nitrogen and oxygen atoms in total. The van der Waals surface area contributed by atoms with Crippen LogP contribution in [0.4, 0.5) is 5.69 Å². The van der Waals surface area contributed by atoms with Crippen molar-refractivity contribution >= 4 is 44.8 Å². The van der Waals surface area contributed by atoms with Gasteiger partial charge in [-0.25, -0.2) is 8.42 Å². The monoisotopic (exact) mass is 395 g/mol. The number of hydrogen-bond acceptors (Lipinski definition) is 4. The Bertz CT molecular complexity index is 943. The fourth-order valence-corrected chi connectivity index (χ4v) is 5.69. The first-order valence-corrected chi connectivity index (χ1v) is 10.0. The average Bonchev–Trinajstić information content (AvgIpc) is 3.13. The van der Waals surface area contributed by atoms with E-state index >= 15 is 0 Å². The molecule has 2 aromatic rings. The van der Waals surface area contributed by atoms with E-state index in [0.29, 0.717) is 17.6 Å². The maximum atomic E-state index is 12.9. The quantitative estimate of drug-likeness (QED) is 0.828. The lowest BCUT2D eigenvalue weighted by Gasteiger charge is -2.23. The Morgan fingerprint density at radius 1 is 1.19 bits per heavy atom. The summed E-state index contributed by atoms with van der Waals surface area (Å²) < 4.78 is 27.0. The zero-order valence-corrected chi connectivity index (χ0v) is 15.9. The molecule has 8 heteroatoms. The van der Waals surface area contributed by atoms with E-state index in [1.54, 1.807) is 18.2 Å². The molecule has 4 rings (SSSR count). The van der Waals surface area contributed by atoms with Gasteiger partial charge < -0.3 is 11.1 Å². The predicted octanol–water partition coefficient (Wildman–Crippen LogP) is 2.01. The highest BCUT2D eigenvalue weighted by molar-refractivity contribution is 7.93. The fourth-order valence-electron chi connectivity index (χ4n) is 4.02. The Morgan fingerprint density at radius 2 is 1.92 bits per heavy atom.